The zero-order valence-electron chi connectivity index (χ0n) is 14.4. The van der Waals surface area contributed by atoms with E-state index < -0.39 is 9.85 Å². The Morgan fingerprint density at radius 2 is 1.63 bits per heavy atom. The Bertz CT molecular complexity index is 916. The van der Waals surface area contributed by atoms with Gasteiger partial charge < -0.3 is 4.90 Å². The number of piperazine rings is 1. The highest BCUT2D eigenvalue weighted by atomic mass is 16.6. The van der Waals surface area contributed by atoms with Crippen LogP contribution >= 0.6 is 0 Å². The summed E-state index contributed by atoms with van der Waals surface area (Å²) in [7, 11) is 0. The van der Waals surface area contributed by atoms with E-state index in [0.717, 1.165) is 18.7 Å². The molecule has 1 saturated heterocycles. The predicted octanol–water partition coefficient (Wildman–Crippen LogP) is 2.70. The fourth-order valence-electron chi connectivity index (χ4n) is 3.18. The number of nitro groups is 2. The van der Waals surface area contributed by atoms with Gasteiger partial charge in [-0.25, -0.2) is 0 Å². The lowest BCUT2D eigenvalue weighted by molar-refractivity contribution is -0.385. The van der Waals surface area contributed by atoms with Crippen molar-refractivity contribution in [2.45, 2.75) is 6.54 Å². The lowest BCUT2D eigenvalue weighted by atomic mass is 10.1. The van der Waals surface area contributed by atoms with E-state index in [1.165, 1.54) is 18.2 Å². The summed E-state index contributed by atoms with van der Waals surface area (Å²) in [5.41, 5.74) is 1.84. The Hall–Kier alpha value is -3.51. The molecule has 138 valence electrons. The smallest absolute Gasteiger partial charge is 0.270 e. The van der Waals surface area contributed by atoms with Crippen LogP contribution in [0, 0.1) is 31.6 Å². The van der Waals surface area contributed by atoms with Crippen LogP contribution in [0.2, 0.25) is 0 Å². The minimum Gasteiger partial charge on any atom is -0.368 e. The summed E-state index contributed by atoms with van der Waals surface area (Å²) >= 11 is 0. The summed E-state index contributed by atoms with van der Waals surface area (Å²) in [4.78, 5) is 25.1. The normalized spacial score (nSPS) is 14.6. The third-order valence-electron chi connectivity index (χ3n) is 4.55. The first-order chi connectivity index (χ1) is 13.0. The van der Waals surface area contributed by atoms with Gasteiger partial charge >= 0.3 is 0 Å². The van der Waals surface area contributed by atoms with E-state index in [4.69, 9.17) is 0 Å². The van der Waals surface area contributed by atoms with Crippen molar-refractivity contribution in [2.75, 3.05) is 31.1 Å². The van der Waals surface area contributed by atoms with E-state index in [9.17, 15) is 25.5 Å². The third-order valence-corrected chi connectivity index (χ3v) is 4.55. The zero-order valence-corrected chi connectivity index (χ0v) is 14.4. The van der Waals surface area contributed by atoms with Crippen LogP contribution in [0.1, 0.15) is 11.1 Å². The average molecular weight is 367 g/mol. The van der Waals surface area contributed by atoms with Gasteiger partial charge in [-0.1, -0.05) is 12.1 Å². The van der Waals surface area contributed by atoms with E-state index in [-0.39, 0.29) is 16.9 Å². The highest BCUT2D eigenvalue weighted by Gasteiger charge is 2.21. The maximum absolute atomic E-state index is 10.9. The van der Waals surface area contributed by atoms with Gasteiger partial charge in [0.05, 0.1) is 21.1 Å². The van der Waals surface area contributed by atoms with Crippen LogP contribution in [-0.2, 0) is 6.54 Å². The monoisotopic (exact) mass is 367 g/mol. The van der Waals surface area contributed by atoms with Gasteiger partial charge in [-0.2, -0.15) is 5.26 Å². The first kappa shape index (κ1) is 18.3. The van der Waals surface area contributed by atoms with Crippen LogP contribution in [0.15, 0.2) is 42.5 Å². The molecule has 0 unspecified atom stereocenters. The van der Waals surface area contributed by atoms with Gasteiger partial charge in [0, 0.05) is 57.0 Å². The van der Waals surface area contributed by atoms with E-state index in [0.29, 0.717) is 25.3 Å². The van der Waals surface area contributed by atoms with Crippen LogP contribution in [-0.4, -0.2) is 40.9 Å². The summed E-state index contributed by atoms with van der Waals surface area (Å²) in [5.74, 6) is 0. The van der Waals surface area contributed by atoms with Crippen LogP contribution in [0.4, 0.5) is 17.1 Å². The number of hydrogen-bond donors (Lipinski definition) is 0. The van der Waals surface area contributed by atoms with E-state index >= 15 is 0 Å². The van der Waals surface area contributed by atoms with Gasteiger partial charge in [0.2, 0.25) is 0 Å². The molecule has 3 rings (SSSR count). The molecule has 9 heteroatoms. The summed E-state index contributed by atoms with van der Waals surface area (Å²) in [6, 6.07) is 13.0. The topological polar surface area (TPSA) is 117 Å². The molecule has 0 N–H and O–H groups in total. The first-order valence-electron chi connectivity index (χ1n) is 8.37. The van der Waals surface area contributed by atoms with Gasteiger partial charge in [0.25, 0.3) is 11.4 Å². The van der Waals surface area contributed by atoms with Crippen molar-refractivity contribution in [2.24, 2.45) is 0 Å². The maximum Gasteiger partial charge on any atom is 0.270 e. The lowest BCUT2D eigenvalue weighted by Crippen LogP contribution is -2.46. The van der Waals surface area contributed by atoms with Crippen LogP contribution < -0.4 is 4.90 Å². The van der Waals surface area contributed by atoms with Crippen molar-refractivity contribution < 1.29 is 9.85 Å². The minimum absolute atomic E-state index is 0.0793. The van der Waals surface area contributed by atoms with Crippen LogP contribution in [0.25, 0.3) is 0 Å². The number of rotatable bonds is 5. The molecule has 27 heavy (non-hydrogen) atoms. The predicted molar refractivity (Wildman–Crippen MR) is 98.4 cm³/mol. The molecule has 0 atom stereocenters. The second kappa shape index (κ2) is 7.80. The number of nitro benzene ring substituents is 2. The zero-order chi connectivity index (χ0) is 19.4. The van der Waals surface area contributed by atoms with Gasteiger partial charge in [0.1, 0.15) is 6.07 Å². The van der Waals surface area contributed by atoms with E-state index in [1.807, 2.05) is 17.0 Å². The molecule has 0 radical (unpaired) electrons. The summed E-state index contributed by atoms with van der Waals surface area (Å²) < 4.78 is 0. The largest absolute Gasteiger partial charge is 0.368 e. The number of anilines is 1. The van der Waals surface area contributed by atoms with E-state index in [1.54, 1.807) is 18.2 Å². The molecule has 0 amide bonds. The fraction of sp³-hybridized carbons (Fsp3) is 0.278. The summed E-state index contributed by atoms with van der Waals surface area (Å²) in [6.45, 7) is 3.40. The Morgan fingerprint density at radius 3 is 2.26 bits per heavy atom. The van der Waals surface area contributed by atoms with Crippen molar-refractivity contribution in [3.05, 3.63) is 73.8 Å². The molecule has 1 aliphatic heterocycles. The molecule has 0 aliphatic carbocycles. The van der Waals surface area contributed by atoms with Crippen molar-refractivity contribution in [3.8, 4) is 6.07 Å². The number of non-ortho nitro benzene ring substituents is 2. The van der Waals surface area contributed by atoms with Crippen molar-refractivity contribution in [3.63, 3.8) is 0 Å². The van der Waals surface area contributed by atoms with Crippen molar-refractivity contribution in [1.29, 1.82) is 5.26 Å². The molecule has 0 spiro atoms. The quantitative estimate of drug-likeness (QED) is 0.589. The highest BCUT2D eigenvalue weighted by Crippen LogP contribution is 2.26. The van der Waals surface area contributed by atoms with Gasteiger partial charge in [-0.3, -0.25) is 25.1 Å². The molecule has 9 nitrogen and oxygen atoms in total. The molecule has 1 aliphatic rings. The Kier molecular flexibility index (Phi) is 5.28. The summed E-state index contributed by atoms with van der Waals surface area (Å²) in [6.07, 6.45) is 0. The molecule has 0 saturated carbocycles. The SMILES string of the molecule is N#Cc1cc([N+](=O)[O-])ccc1N1CCN(Cc2cccc([N+](=O)[O-])c2)CC1. The van der Waals surface area contributed by atoms with Crippen molar-refractivity contribution >= 4 is 17.1 Å². The fourth-order valence-corrected chi connectivity index (χ4v) is 3.18. The number of hydrogen-bond acceptors (Lipinski definition) is 7. The Balaban J connectivity index is 1.66. The Labute approximate surface area is 155 Å². The lowest BCUT2D eigenvalue weighted by Gasteiger charge is -2.36. The standard InChI is InChI=1S/C18H17N5O4/c19-12-15-11-17(23(26)27)4-5-18(15)21-8-6-20(7-9-21)13-14-2-1-3-16(10-14)22(24)25/h1-5,10-11H,6-9,13H2. The highest BCUT2D eigenvalue weighted by molar-refractivity contribution is 5.63. The van der Waals surface area contributed by atoms with Crippen LogP contribution in [0.5, 0.6) is 0 Å². The maximum atomic E-state index is 10.9. The molecule has 2 aromatic carbocycles. The first-order valence-corrected chi connectivity index (χ1v) is 8.37. The van der Waals surface area contributed by atoms with Gasteiger partial charge in [-0.15, -0.1) is 0 Å². The van der Waals surface area contributed by atoms with Gasteiger partial charge in [-0.05, 0) is 11.6 Å². The van der Waals surface area contributed by atoms with Crippen LogP contribution in [0.3, 0.4) is 0 Å². The number of benzene rings is 2. The minimum atomic E-state index is -0.512. The molecule has 1 fully saturated rings. The number of nitriles is 1. The Morgan fingerprint density at radius 1 is 0.963 bits per heavy atom. The molecule has 0 aromatic heterocycles. The molecule has 2 aromatic rings. The second-order valence-electron chi connectivity index (χ2n) is 6.26. The van der Waals surface area contributed by atoms with Gasteiger partial charge in [0.15, 0.2) is 0 Å². The number of nitrogens with zero attached hydrogens (tertiary/aromatic N) is 5. The summed E-state index contributed by atoms with van der Waals surface area (Å²) in [5, 5.41) is 31.1. The van der Waals surface area contributed by atoms with Crippen molar-refractivity contribution in [1.82, 2.24) is 4.90 Å². The van der Waals surface area contributed by atoms with E-state index in [2.05, 4.69) is 4.90 Å². The molecule has 1 heterocycles. The third kappa shape index (κ3) is 4.19. The average Bonchev–Trinajstić information content (AvgIpc) is 2.68. The molecular weight excluding hydrogens is 350 g/mol. The molecule has 0 bridgehead atoms. The molecular formula is C18H17N5O4. The second-order valence-corrected chi connectivity index (χ2v) is 6.26.